The summed E-state index contributed by atoms with van der Waals surface area (Å²) in [6.07, 6.45) is 3.57. The number of benzene rings is 1. The number of piperidine rings is 1. The summed E-state index contributed by atoms with van der Waals surface area (Å²) in [4.78, 5) is 10.2. The molecule has 6 heteroatoms. The summed E-state index contributed by atoms with van der Waals surface area (Å²) in [6.45, 7) is 1.80. The second-order valence-electron chi connectivity index (χ2n) is 4.63. The molecule has 2 N–H and O–H groups in total. The smallest absolute Gasteiger partial charge is 0.287 e. The van der Waals surface area contributed by atoms with E-state index in [0.717, 1.165) is 25.2 Å². The number of nitrogens with one attached hydrogen (secondary N) is 2. The van der Waals surface area contributed by atoms with Crippen molar-refractivity contribution in [1.29, 1.82) is 5.26 Å². The zero-order valence-corrected chi connectivity index (χ0v) is 10.6. The Labute approximate surface area is 111 Å². The first-order chi connectivity index (χ1) is 9.20. The van der Waals surface area contributed by atoms with Crippen molar-refractivity contribution < 1.29 is 4.92 Å². The van der Waals surface area contributed by atoms with Crippen LogP contribution in [0.15, 0.2) is 18.2 Å². The van der Waals surface area contributed by atoms with E-state index >= 15 is 0 Å². The van der Waals surface area contributed by atoms with Gasteiger partial charge in [-0.25, -0.2) is 0 Å². The minimum absolute atomic E-state index is 0.0894. The van der Waals surface area contributed by atoms with Crippen molar-refractivity contribution in [2.45, 2.75) is 25.3 Å². The Morgan fingerprint density at radius 1 is 1.53 bits per heavy atom. The van der Waals surface area contributed by atoms with Crippen LogP contribution in [0.3, 0.4) is 0 Å². The van der Waals surface area contributed by atoms with Gasteiger partial charge in [0, 0.05) is 24.3 Å². The average Bonchev–Trinajstić information content (AvgIpc) is 2.45. The Morgan fingerprint density at radius 3 is 3.00 bits per heavy atom. The van der Waals surface area contributed by atoms with E-state index in [1.807, 2.05) is 6.07 Å². The Morgan fingerprint density at radius 2 is 2.37 bits per heavy atom. The Kier molecular flexibility index (Phi) is 4.31. The molecule has 1 atom stereocenters. The lowest BCUT2D eigenvalue weighted by Crippen LogP contribution is -2.39. The Hall–Kier alpha value is -2.13. The van der Waals surface area contributed by atoms with E-state index in [1.165, 1.54) is 25.0 Å². The number of rotatable bonds is 4. The normalized spacial score (nSPS) is 18.6. The molecule has 2 rings (SSSR count). The summed E-state index contributed by atoms with van der Waals surface area (Å²) >= 11 is 0. The van der Waals surface area contributed by atoms with Gasteiger partial charge in [0.05, 0.1) is 4.92 Å². The van der Waals surface area contributed by atoms with Crippen LogP contribution in [-0.4, -0.2) is 24.1 Å². The Balaban J connectivity index is 2.01. The molecule has 0 spiro atoms. The number of nitrogens with zero attached hydrogens (tertiary/aromatic N) is 2. The molecule has 100 valence electrons. The number of hydrogen-bond acceptors (Lipinski definition) is 5. The maximum atomic E-state index is 10.7. The number of nitro groups is 1. The lowest BCUT2D eigenvalue weighted by atomic mass is 10.0. The predicted molar refractivity (Wildman–Crippen MR) is 71.9 cm³/mol. The highest BCUT2D eigenvalue weighted by Gasteiger charge is 2.15. The van der Waals surface area contributed by atoms with Crippen LogP contribution in [0.5, 0.6) is 0 Å². The van der Waals surface area contributed by atoms with Crippen molar-refractivity contribution in [1.82, 2.24) is 5.32 Å². The van der Waals surface area contributed by atoms with E-state index in [0.29, 0.717) is 6.04 Å². The molecule has 6 nitrogen and oxygen atoms in total. The van der Waals surface area contributed by atoms with Gasteiger partial charge in [0.25, 0.3) is 5.69 Å². The maximum absolute atomic E-state index is 10.7. The fourth-order valence-electron chi connectivity index (χ4n) is 2.23. The van der Waals surface area contributed by atoms with Gasteiger partial charge in [0.1, 0.15) is 11.6 Å². The average molecular weight is 260 g/mol. The molecule has 0 saturated carbocycles. The molecule has 1 heterocycles. The largest absolute Gasteiger partial charge is 0.383 e. The fourth-order valence-corrected chi connectivity index (χ4v) is 2.23. The standard InChI is InChI=1S/C13H16N4O2/c14-8-10-7-11(4-5-13(10)17(18)19)16-9-12-3-1-2-6-15-12/h4-5,7,12,15-16H,1-3,6,9H2. The second kappa shape index (κ2) is 6.16. The minimum atomic E-state index is -0.537. The van der Waals surface area contributed by atoms with Crippen molar-refractivity contribution >= 4 is 11.4 Å². The molecule has 1 aromatic carbocycles. The van der Waals surface area contributed by atoms with Crippen molar-refractivity contribution in [2.24, 2.45) is 0 Å². The van der Waals surface area contributed by atoms with Gasteiger partial charge >= 0.3 is 0 Å². The molecule has 1 aliphatic rings. The third kappa shape index (κ3) is 3.42. The molecule has 19 heavy (non-hydrogen) atoms. The van der Waals surface area contributed by atoms with Crippen LogP contribution in [0.1, 0.15) is 24.8 Å². The van der Waals surface area contributed by atoms with E-state index in [1.54, 1.807) is 6.07 Å². The van der Waals surface area contributed by atoms with Crippen molar-refractivity contribution in [3.8, 4) is 6.07 Å². The number of nitriles is 1. The maximum Gasteiger partial charge on any atom is 0.287 e. The lowest BCUT2D eigenvalue weighted by Gasteiger charge is -2.24. The highest BCUT2D eigenvalue weighted by Crippen LogP contribution is 2.22. The molecular weight excluding hydrogens is 244 g/mol. The lowest BCUT2D eigenvalue weighted by molar-refractivity contribution is -0.385. The third-order valence-electron chi connectivity index (χ3n) is 3.28. The first-order valence-corrected chi connectivity index (χ1v) is 6.36. The number of anilines is 1. The molecule has 0 amide bonds. The molecule has 1 aromatic rings. The molecule has 0 radical (unpaired) electrons. The third-order valence-corrected chi connectivity index (χ3v) is 3.28. The van der Waals surface area contributed by atoms with Crippen molar-refractivity contribution in [3.05, 3.63) is 33.9 Å². The quantitative estimate of drug-likeness (QED) is 0.638. The monoisotopic (exact) mass is 260 g/mol. The number of nitro benzene ring substituents is 1. The van der Waals surface area contributed by atoms with Crippen LogP contribution in [-0.2, 0) is 0 Å². The number of hydrogen-bond donors (Lipinski definition) is 2. The molecule has 1 saturated heterocycles. The SMILES string of the molecule is N#Cc1cc(NCC2CCCCN2)ccc1[N+](=O)[O-]. The van der Waals surface area contributed by atoms with Gasteiger partial charge in [-0.3, -0.25) is 10.1 Å². The van der Waals surface area contributed by atoms with Crippen molar-refractivity contribution in [2.75, 3.05) is 18.4 Å². The molecule has 1 fully saturated rings. The van der Waals surface area contributed by atoms with E-state index in [-0.39, 0.29) is 11.3 Å². The summed E-state index contributed by atoms with van der Waals surface area (Å²) in [7, 11) is 0. The van der Waals surface area contributed by atoms with Gasteiger partial charge in [-0.1, -0.05) is 6.42 Å². The van der Waals surface area contributed by atoms with Crippen LogP contribution in [0, 0.1) is 21.4 Å². The summed E-state index contributed by atoms with van der Waals surface area (Å²) in [6, 6.07) is 6.82. The van der Waals surface area contributed by atoms with E-state index in [9.17, 15) is 10.1 Å². The first kappa shape index (κ1) is 13.3. The zero-order valence-electron chi connectivity index (χ0n) is 10.6. The highest BCUT2D eigenvalue weighted by atomic mass is 16.6. The zero-order chi connectivity index (χ0) is 13.7. The summed E-state index contributed by atoms with van der Waals surface area (Å²) in [5, 5.41) is 26.3. The molecular formula is C13H16N4O2. The fraction of sp³-hybridized carbons (Fsp3) is 0.462. The summed E-state index contributed by atoms with van der Waals surface area (Å²) < 4.78 is 0. The van der Waals surface area contributed by atoms with Gasteiger partial charge < -0.3 is 10.6 Å². The molecule has 1 aliphatic heterocycles. The van der Waals surface area contributed by atoms with Crippen molar-refractivity contribution in [3.63, 3.8) is 0 Å². The van der Waals surface area contributed by atoms with E-state index in [4.69, 9.17) is 5.26 Å². The van der Waals surface area contributed by atoms with Crippen LogP contribution in [0.2, 0.25) is 0 Å². The van der Waals surface area contributed by atoms with Gasteiger partial charge in [-0.2, -0.15) is 5.26 Å². The van der Waals surface area contributed by atoms with Gasteiger partial charge in [0.15, 0.2) is 0 Å². The van der Waals surface area contributed by atoms with E-state index in [2.05, 4.69) is 10.6 Å². The van der Waals surface area contributed by atoms with Gasteiger partial charge in [0.2, 0.25) is 0 Å². The molecule has 0 aromatic heterocycles. The predicted octanol–water partition coefficient (Wildman–Crippen LogP) is 2.02. The molecule has 0 bridgehead atoms. The van der Waals surface area contributed by atoms with Crippen LogP contribution in [0.4, 0.5) is 11.4 Å². The van der Waals surface area contributed by atoms with Gasteiger partial charge in [-0.05, 0) is 31.5 Å². The molecule has 0 aliphatic carbocycles. The first-order valence-electron chi connectivity index (χ1n) is 6.36. The molecule has 1 unspecified atom stereocenters. The summed E-state index contributed by atoms with van der Waals surface area (Å²) in [5.41, 5.74) is 0.685. The van der Waals surface area contributed by atoms with E-state index < -0.39 is 4.92 Å². The van der Waals surface area contributed by atoms with Crippen LogP contribution in [0.25, 0.3) is 0 Å². The Bertz CT molecular complexity index is 504. The van der Waals surface area contributed by atoms with Crippen LogP contribution >= 0.6 is 0 Å². The second-order valence-corrected chi connectivity index (χ2v) is 4.63. The van der Waals surface area contributed by atoms with Crippen LogP contribution < -0.4 is 10.6 Å². The summed E-state index contributed by atoms with van der Waals surface area (Å²) in [5.74, 6) is 0. The minimum Gasteiger partial charge on any atom is -0.383 e. The highest BCUT2D eigenvalue weighted by molar-refractivity contribution is 5.58. The van der Waals surface area contributed by atoms with Gasteiger partial charge in [-0.15, -0.1) is 0 Å². The topological polar surface area (TPSA) is 91.0 Å².